The van der Waals surface area contributed by atoms with E-state index in [1.807, 2.05) is 72.8 Å². The van der Waals surface area contributed by atoms with Gasteiger partial charge in [0.05, 0.1) is 5.56 Å². The number of carbonyl (C=O) groups is 1. The summed E-state index contributed by atoms with van der Waals surface area (Å²) in [6.45, 7) is 2.08. The van der Waals surface area contributed by atoms with Gasteiger partial charge < -0.3 is 4.42 Å². The summed E-state index contributed by atoms with van der Waals surface area (Å²) in [6.07, 6.45) is 0. The lowest BCUT2D eigenvalue weighted by molar-refractivity contribution is 0.103. The fraction of sp³-hybridized carbons (Fsp3) is 0.0385. The van der Waals surface area contributed by atoms with Crippen molar-refractivity contribution in [2.24, 2.45) is 0 Å². The maximum Gasteiger partial charge on any atom is 0.196 e. The molecule has 0 amide bonds. The molecule has 2 heteroatoms. The van der Waals surface area contributed by atoms with Gasteiger partial charge in [-0.2, -0.15) is 0 Å². The maximum absolute atomic E-state index is 13.2. The number of rotatable bonds is 3. The molecular formula is C26H18O2. The SMILES string of the molecule is Cc1cccc(-c2ccc(C(=O)c3cccc4c3oc3ccccc34)cc2)c1. The van der Waals surface area contributed by atoms with Gasteiger partial charge in [0.2, 0.25) is 0 Å². The highest BCUT2D eigenvalue weighted by molar-refractivity contribution is 6.18. The molecule has 0 aliphatic carbocycles. The van der Waals surface area contributed by atoms with Crippen LogP contribution in [0.4, 0.5) is 0 Å². The molecule has 5 aromatic rings. The van der Waals surface area contributed by atoms with E-state index < -0.39 is 0 Å². The van der Waals surface area contributed by atoms with E-state index in [1.54, 1.807) is 0 Å². The Bertz CT molecular complexity index is 1320. The van der Waals surface area contributed by atoms with E-state index in [1.165, 1.54) is 5.56 Å². The van der Waals surface area contributed by atoms with Crippen molar-refractivity contribution in [3.8, 4) is 11.1 Å². The minimum atomic E-state index is -0.0274. The summed E-state index contributed by atoms with van der Waals surface area (Å²) in [4.78, 5) is 13.2. The van der Waals surface area contributed by atoms with E-state index in [9.17, 15) is 4.79 Å². The molecule has 5 rings (SSSR count). The van der Waals surface area contributed by atoms with Crippen molar-refractivity contribution >= 4 is 27.7 Å². The molecule has 0 unspecified atom stereocenters. The minimum absolute atomic E-state index is 0.0274. The Labute approximate surface area is 163 Å². The number of fused-ring (bicyclic) bond motifs is 3. The van der Waals surface area contributed by atoms with Crippen LogP contribution in [-0.2, 0) is 0 Å². The number of furan rings is 1. The first-order chi connectivity index (χ1) is 13.7. The van der Waals surface area contributed by atoms with Crippen LogP contribution in [0.3, 0.4) is 0 Å². The van der Waals surface area contributed by atoms with Crippen LogP contribution >= 0.6 is 0 Å². The van der Waals surface area contributed by atoms with Gasteiger partial charge in [-0.15, -0.1) is 0 Å². The lowest BCUT2D eigenvalue weighted by Crippen LogP contribution is -2.01. The molecule has 0 atom stereocenters. The van der Waals surface area contributed by atoms with Crippen LogP contribution in [0.2, 0.25) is 0 Å². The molecule has 0 N–H and O–H groups in total. The topological polar surface area (TPSA) is 30.2 Å². The Morgan fingerprint density at radius 1 is 0.714 bits per heavy atom. The fourth-order valence-corrected chi connectivity index (χ4v) is 3.72. The average Bonchev–Trinajstić information content (AvgIpc) is 3.12. The third-order valence-electron chi connectivity index (χ3n) is 5.15. The second kappa shape index (κ2) is 6.50. The first-order valence-electron chi connectivity index (χ1n) is 9.33. The predicted molar refractivity (Wildman–Crippen MR) is 114 cm³/mol. The molecule has 1 aromatic heterocycles. The average molecular weight is 362 g/mol. The normalized spacial score (nSPS) is 11.2. The second-order valence-corrected chi connectivity index (χ2v) is 7.06. The van der Waals surface area contributed by atoms with Crippen LogP contribution in [0.25, 0.3) is 33.1 Å². The summed E-state index contributed by atoms with van der Waals surface area (Å²) in [5, 5.41) is 2.00. The minimum Gasteiger partial charge on any atom is -0.455 e. The van der Waals surface area contributed by atoms with Crippen LogP contribution in [0.15, 0.2) is 95.4 Å². The molecule has 0 bridgehead atoms. The Kier molecular flexibility index (Phi) is 3.84. The quantitative estimate of drug-likeness (QED) is 0.331. The molecule has 0 spiro atoms. The third-order valence-corrected chi connectivity index (χ3v) is 5.15. The van der Waals surface area contributed by atoms with Gasteiger partial charge in [0.1, 0.15) is 11.2 Å². The lowest BCUT2D eigenvalue weighted by Gasteiger charge is -2.06. The first kappa shape index (κ1) is 16.5. The molecule has 0 aliphatic rings. The van der Waals surface area contributed by atoms with E-state index in [0.717, 1.165) is 27.5 Å². The van der Waals surface area contributed by atoms with Crippen molar-refractivity contribution in [1.29, 1.82) is 0 Å². The van der Waals surface area contributed by atoms with Crippen LogP contribution in [0.5, 0.6) is 0 Å². The fourth-order valence-electron chi connectivity index (χ4n) is 3.72. The van der Waals surface area contributed by atoms with Crippen molar-refractivity contribution in [2.75, 3.05) is 0 Å². The molecular weight excluding hydrogens is 344 g/mol. The van der Waals surface area contributed by atoms with Gasteiger partial charge in [-0.1, -0.05) is 84.4 Å². The molecule has 2 nitrogen and oxygen atoms in total. The zero-order valence-corrected chi connectivity index (χ0v) is 15.5. The van der Waals surface area contributed by atoms with E-state index in [-0.39, 0.29) is 5.78 Å². The Hall–Kier alpha value is -3.65. The van der Waals surface area contributed by atoms with Crippen LogP contribution < -0.4 is 0 Å². The Morgan fingerprint density at radius 2 is 1.46 bits per heavy atom. The van der Waals surface area contributed by atoms with E-state index in [4.69, 9.17) is 4.42 Å². The maximum atomic E-state index is 13.2. The van der Waals surface area contributed by atoms with Crippen molar-refractivity contribution in [2.45, 2.75) is 6.92 Å². The van der Waals surface area contributed by atoms with Crippen molar-refractivity contribution in [3.63, 3.8) is 0 Å². The number of aryl methyl sites for hydroxylation is 1. The largest absolute Gasteiger partial charge is 0.455 e. The molecule has 28 heavy (non-hydrogen) atoms. The van der Waals surface area contributed by atoms with Gasteiger partial charge >= 0.3 is 0 Å². The van der Waals surface area contributed by atoms with Crippen LogP contribution in [0, 0.1) is 6.92 Å². The highest BCUT2D eigenvalue weighted by atomic mass is 16.3. The highest BCUT2D eigenvalue weighted by Gasteiger charge is 2.17. The summed E-state index contributed by atoms with van der Waals surface area (Å²) < 4.78 is 6.01. The Balaban J connectivity index is 1.56. The van der Waals surface area contributed by atoms with Gasteiger partial charge in [0.15, 0.2) is 5.78 Å². The molecule has 0 fully saturated rings. The molecule has 0 saturated carbocycles. The number of benzene rings is 4. The monoisotopic (exact) mass is 362 g/mol. The van der Waals surface area contributed by atoms with Gasteiger partial charge in [-0.25, -0.2) is 0 Å². The van der Waals surface area contributed by atoms with Crippen molar-refractivity contribution in [1.82, 2.24) is 0 Å². The lowest BCUT2D eigenvalue weighted by atomic mass is 9.97. The van der Waals surface area contributed by atoms with Gasteiger partial charge in [-0.05, 0) is 30.2 Å². The van der Waals surface area contributed by atoms with Crippen molar-refractivity contribution in [3.05, 3.63) is 108 Å². The summed E-state index contributed by atoms with van der Waals surface area (Å²) in [6, 6.07) is 29.8. The smallest absolute Gasteiger partial charge is 0.196 e. The number of para-hydroxylation sites is 2. The summed E-state index contributed by atoms with van der Waals surface area (Å²) in [5.41, 5.74) is 6.17. The first-order valence-corrected chi connectivity index (χ1v) is 9.33. The number of carbonyl (C=O) groups excluding carboxylic acids is 1. The molecule has 0 saturated heterocycles. The molecule has 0 aliphatic heterocycles. The number of hydrogen-bond donors (Lipinski definition) is 0. The zero-order valence-electron chi connectivity index (χ0n) is 15.5. The van der Waals surface area contributed by atoms with Gasteiger partial charge in [0, 0.05) is 16.3 Å². The third kappa shape index (κ3) is 2.71. The summed E-state index contributed by atoms with van der Waals surface area (Å²) in [7, 11) is 0. The van der Waals surface area contributed by atoms with E-state index in [2.05, 4.69) is 25.1 Å². The number of ketones is 1. The standard InChI is InChI=1S/C26H18O2/c1-17-6-4-7-20(16-17)18-12-14-19(15-13-18)25(27)23-10-5-9-22-21-8-2-3-11-24(21)28-26(22)23/h2-16H,1H3. The molecule has 0 radical (unpaired) electrons. The van der Waals surface area contributed by atoms with Gasteiger partial charge in [-0.3, -0.25) is 4.79 Å². The van der Waals surface area contributed by atoms with Gasteiger partial charge in [0.25, 0.3) is 0 Å². The highest BCUT2D eigenvalue weighted by Crippen LogP contribution is 2.32. The van der Waals surface area contributed by atoms with Crippen LogP contribution in [-0.4, -0.2) is 5.78 Å². The summed E-state index contributed by atoms with van der Waals surface area (Å²) >= 11 is 0. The molecule has 1 heterocycles. The molecule has 4 aromatic carbocycles. The second-order valence-electron chi connectivity index (χ2n) is 7.06. The zero-order chi connectivity index (χ0) is 19.1. The van der Waals surface area contributed by atoms with Crippen LogP contribution in [0.1, 0.15) is 21.5 Å². The number of hydrogen-bond acceptors (Lipinski definition) is 2. The van der Waals surface area contributed by atoms with E-state index >= 15 is 0 Å². The summed E-state index contributed by atoms with van der Waals surface area (Å²) in [5.74, 6) is -0.0274. The van der Waals surface area contributed by atoms with E-state index in [0.29, 0.717) is 16.7 Å². The predicted octanol–water partition coefficient (Wildman–Crippen LogP) is 6.79. The Morgan fingerprint density at radius 3 is 2.29 bits per heavy atom. The van der Waals surface area contributed by atoms with Crippen molar-refractivity contribution < 1.29 is 9.21 Å². The molecule has 134 valence electrons.